The molecule has 0 saturated heterocycles. The van der Waals surface area contributed by atoms with E-state index in [0.29, 0.717) is 17.9 Å². The largest absolute Gasteiger partial charge is 0.392 e. The Hall–Kier alpha value is -1.84. The number of fused-ring (bicyclic) bond motifs is 1. The summed E-state index contributed by atoms with van der Waals surface area (Å²) in [5.41, 5.74) is 2.97. The van der Waals surface area contributed by atoms with Gasteiger partial charge in [0.2, 0.25) is 0 Å². The number of benzene rings is 2. The normalized spacial score (nSPS) is 12.7. The molecule has 0 bridgehead atoms. The summed E-state index contributed by atoms with van der Waals surface area (Å²) in [6.07, 6.45) is 0.556. The maximum Gasteiger partial charge on any atom is 0.0729 e. The van der Waals surface area contributed by atoms with Crippen LogP contribution in [0.4, 0.5) is 0 Å². The Morgan fingerprint density at radius 1 is 1.10 bits per heavy atom. The lowest BCUT2D eigenvalue weighted by atomic mass is 10.0. The van der Waals surface area contributed by atoms with E-state index in [-0.39, 0.29) is 0 Å². The molecule has 1 atom stereocenters. The first kappa shape index (κ1) is 14.1. The molecule has 0 amide bonds. The van der Waals surface area contributed by atoms with Gasteiger partial charge in [-0.1, -0.05) is 48.0 Å². The number of rotatable bonds is 4. The van der Waals surface area contributed by atoms with Crippen molar-refractivity contribution in [2.45, 2.75) is 18.9 Å². The number of aliphatic hydroxyl groups is 1. The van der Waals surface area contributed by atoms with Gasteiger partial charge in [0.1, 0.15) is 0 Å². The first-order valence-electron chi connectivity index (χ1n) is 6.97. The van der Waals surface area contributed by atoms with Crippen LogP contribution in [0.5, 0.6) is 0 Å². The molecule has 3 aromatic rings. The van der Waals surface area contributed by atoms with Gasteiger partial charge in [0.05, 0.1) is 17.3 Å². The molecule has 0 fully saturated rings. The molecule has 1 N–H and O–H groups in total. The molecule has 3 nitrogen and oxygen atoms in total. The van der Waals surface area contributed by atoms with Gasteiger partial charge in [0.25, 0.3) is 0 Å². The van der Waals surface area contributed by atoms with E-state index in [9.17, 15) is 5.11 Å². The van der Waals surface area contributed by atoms with E-state index >= 15 is 0 Å². The van der Waals surface area contributed by atoms with Gasteiger partial charge in [-0.15, -0.1) is 0 Å². The van der Waals surface area contributed by atoms with Gasteiger partial charge in [-0.2, -0.15) is 5.10 Å². The van der Waals surface area contributed by atoms with Crippen molar-refractivity contribution in [2.24, 2.45) is 7.05 Å². The van der Waals surface area contributed by atoms with E-state index in [1.54, 1.807) is 0 Å². The number of nitrogens with zero attached hydrogens (tertiary/aromatic N) is 2. The second-order valence-electron chi connectivity index (χ2n) is 5.24. The molecule has 108 valence electrons. The standard InChI is InChI=1S/C17H17ClN2O/c1-20-17-9-5-3-7-14(17)16(19-20)11-13(21)10-12-6-2-4-8-15(12)18/h2-9,13,21H,10-11H2,1H3. The Morgan fingerprint density at radius 3 is 2.62 bits per heavy atom. The summed E-state index contributed by atoms with van der Waals surface area (Å²) in [5, 5.41) is 16.7. The van der Waals surface area contributed by atoms with Crippen LogP contribution < -0.4 is 0 Å². The zero-order valence-corrected chi connectivity index (χ0v) is 12.6. The van der Waals surface area contributed by atoms with Crippen molar-refractivity contribution in [3.05, 3.63) is 64.8 Å². The third-order valence-corrected chi connectivity index (χ3v) is 4.05. The molecule has 1 heterocycles. The summed E-state index contributed by atoms with van der Waals surface area (Å²) >= 11 is 6.14. The maximum atomic E-state index is 10.3. The number of aromatic nitrogens is 2. The monoisotopic (exact) mass is 300 g/mol. The lowest BCUT2D eigenvalue weighted by molar-refractivity contribution is 0.174. The van der Waals surface area contributed by atoms with E-state index in [2.05, 4.69) is 5.10 Å². The van der Waals surface area contributed by atoms with Crippen LogP contribution in [0.2, 0.25) is 5.02 Å². The molecule has 3 rings (SSSR count). The highest BCUT2D eigenvalue weighted by Crippen LogP contribution is 2.21. The minimum absolute atomic E-state index is 0.497. The van der Waals surface area contributed by atoms with Crippen molar-refractivity contribution in [3.8, 4) is 0 Å². The van der Waals surface area contributed by atoms with Crippen molar-refractivity contribution in [3.63, 3.8) is 0 Å². The van der Waals surface area contributed by atoms with E-state index in [4.69, 9.17) is 11.6 Å². The number of hydrogen-bond donors (Lipinski definition) is 1. The van der Waals surface area contributed by atoms with Gasteiger partial charge in [0, 0.05) is 30.3 Å². The molecule has 21 heavy (non-hydrogen) atoms. The minimum atomic E-state index is -0.497. The molecule has 2 aromatic carbocycles. The third kappa shape index (κ3) is 2.94. The van der Waals surface area contributed by atoms with Gasteiger partial charge in [-0.3, -0.25) is 4.68 Å². The first-order chi connectivity index (χ1) is 10.1. The van der Waals surface area contributed by atoms with Crippen LogP contribution in [0.1, 0.15) is 11.3 Å². The van der Waals surface area contributed by atoms with Crippen LogP contribution in [-0.2, 0) is 19.9 Å². The fourth-order valence-corrected chi connectivity index (χ4v) is 2.87. The van der Waals surface area contributed by atoms with Gasteiger partial charge in [-0.25, -0.2) is 0 Å². The highest BCUT2D eigenvalue weighted by molar-refractivity contribution is 6.31. The van der Waals surface area contributed by atoms with Crippen LogP contribution in [0.3, 0.4) is 0 Å². The van der Waals surface area contributed by atoms with Gasteiger partial charge in [0.15, 0.2) is 0 Å². The Balaban J connectivity index is 1.81. The number of aliphatic hydroxyl groups excluding tert-OH is 1. The highest BCUT2D eigenvalue weighted by atomic mass is 35.5. The van der Waals surface area contributed by atoms with Crippen molar-refractivity contribution in [1.29, 1.82) is 0 Å². The molecule has 0 spiro atoms. The predicted octanol–water partition coefficient (Wildman–Crippen LogP) is 3.37. The highest BCUT2D eigenvalue weighted by Gasteiger charge is 2.14. The van der Waals surface area contributed by atoms with Gasteiger partial charge < -0.3 is 5.11 Å². The Bertz CT molecular complexity index is 766. The molecule has 0 aliphatic carbocycles. The topological polar surface area (TPSA) is 38.0 Å². The number of hydrogen-bond acceptors (Lipinski definition) is 2. The summed E-state index contributed by atoms with van der Waals surface area (Å²) in [5.74, 6) is 0. The molecule has 1 aromatic heterocycles. The number of halogens is 1. The molecule has 0 saturated carbocycles. The van der Waals surface area contributed by atoms with Gasteiger partial charge in [-0.05, 0) is 17.7 Å². The molecule has 0 radical (unpaired) electrons. The van der Waals surface area contributed by atoms with E-state index in [0.717, 1.165) is 22.2 Å². The van der Waals surface area contributed by atoms with Gasteiger partial charge >= 0.3 is 0 Å². The summed E-state index contributed by atoms with van der Waals surface area (Å²) in [6.45, 7) is 0. The minimum Gasteiger partial charge on any atom is -0.392 e. The fraction of sp³-hybridized carbons (Fsp3) is 0.235. The number of aryl methyl sites for hydroxylation is 1. The third-order valence-electron chi connectivity index (χ3n) is 3.68. The maximum absolute atomic E-state index is 10.3. The molecular formula is C17H17ClN2O. The van der Waals surface area contributed by atoms with Crippen LogP contribution in [0, 0.1) is 0 Å². The zero-order valence-electron chi connectivity index (χ0n) is 11.8. The van der Waals surface area contributed by atoms with Crippen molar-refractivity contribution >= 4 is 22.5 Å². The van der Waals surface area contributed by atoms with Crippen LogP contribution in [-0.4, -0.2) is 21.0 Å². The second kappa shape index (κ2) is 5.88. The average molecular weight is 301 g/mol. The van der Waals surface area contributed by atoms with Crippen LogP contribution >= 0.6 is 11.6 Å². The molecule has 4 heteroatoms. The quantitative estimate of drug-likeness (QED) is 0.802. The Labute approximate surface area is 128 Å². The van der Waals surface area contributed by atoms with E-state index < -0.39 is 6.10 Å². The summed E-state index contributed by atoms with van der Waals surface area (Å²) < 4.78 is 1.85. The first-order valence-corrected chi connectivity index (χ1v) is 7.35. The average Bonchev–Trinajstić information content (AvgIpc) is 2.79. The Morgan fingerprint density at radius 2 is 1.81 bits per heavy atom. The SMILES string of the molecule is Cn1nc(CC(O)Cc2ccccc2Cl)c2ccccc21. The summed E-state index contributed by atoms with van der Waals surface area (Å²) in [6, 6.07) is 15.7. The summed E-state index contributed by atoms with van der Waals surface area (Å²) in [4.78, 5) is 0. The lowest BCUT2D eigenvalue weighted by Gasteiger charge is -2.10. The van der Waals surface area contributed by atoms with Crippen molar-refractivity contribution in [1.82, 2.24) is 9.78 Å². The van der Waals surface area contributed by atoms with Crippen molar-refractivity contribution < 1.29 is 5.11 Å². The van der Waals surface area contributed by atoms with E-state index in [1.165, 1.54) is 0 Å². The smallest absolute Gasteiger partial charge is 0.0729 e. The molecule has 0 aliphatic heterocycles. The van der Waals surface area contributed by atoms with Crippen molar-refractivity contribution in [2.75, 3.05) is 0 Å². The molecular weight excluding hydrogens is 284 g/mol. The fourth-order valence-electron chi connectivity index (χ4n) is 2.65. The predicted molar refractivity (Wildman–Crippen MR) is 85.6 cm³/mol. The Kier molecular flexibility index (Phi) is 3.95. The van der Waals surface area contributed by atoms with Crippen LogP contribution in [0.15, 0.2) is 48.5 Å². The summed E-state index contributed by atoms with van der Waals surface area (Å²) in [7, 11) is 1.92. The molecule has 1 unspecified atom stereocenters. The zero-order chi connectivity index (χ0) is 14.8. The lowest BCUT2D eigenvalue weighted by Crippen LogP contribution is -2.15. The number of para-hydroxylation sites is 1. The van der Waals surface area contributed by atoms with E-state index in [1.807, 2.05) is 60.3 Å². The van der Waals surface area contributed by atoms with Crippen LogP contribution in [0.25, 0.3) is 10.9 Å². The second-order valence-corrected chi connectivity index (χ2v) is 5.65. The molecule has 0 aliphatic rings.